The van der Waals surface area contributed by atoms with Crippen LogP contribution >= 0.6 is 0 Å². The fourth-order valence-corrected chi connectivity index (χ4v) is 3.96. The van der Waals surface area contributed by atoms with E-state index in [1.807, 2.05) is 36.1 Å². The van der Waals surface area contributed by atoms with E-state index in [4.69, 9.17) is 9.47 Å². The van der Waals surface area contributed by atoms with Crippen LogP contribution in [0.2, 0.25) is 0 Å². The summed E-state index contributed by atoms with van der Waals surface area (Å²) in [7, 11) is 5.20. The van der Waals surface area contributed by atoms with Gasteiger partial charge in [-0.2, -0.15) is 5.10 Å². The zero-order valence-electron chi connectivity index (χ0n) is 17.7. The Morgan fingerprint density at radius 2 is 2.17 bits per heavy atom. The van der Waals surface area contributed by atoms with Gasteiger partial charge in [0.05, 0.1) is 20.4 Å². The first-order valence-electron chi connectivity index (χ1n) is 10.2. The summed E-state index contributed by atoms with van der Waals surface area (Å²) in [4.78, 5) is 14.8. The third-order valence-corrected chi connectivity index (χ3v) is 5.52. The summed E-state index contributed by atoms with van der Waals surface area (Å²) in [5.74, 6) is 2.13. The number of piperidine rings is 1. The van der Waals surface area contributed by atoms with E-state index in [-0.39, 0.29) is 5.91 Å². The highest BCUT2D eigenvalue weighted by Crippen LogP contribution is 2.25. The van der Waals surface area contributed by atoms with E-state index in [2.05, 4.69) is 21.5 Å². The van der Waals surface area contributed by atoms with Gasteiger partial charge >= 0.3 is 0 Å². The molecule has 158 valence electrons. The topological polar surface area (TPSA) is 68.6 Å². The smallest absolute Gasteiger partial charge is 0.220 e. The van der Waals surface area contributed by atoms with Crippen molar-refractivity contribution in [2.45, 2.75) is 38.8 Å². The second kappa shape index (κ2) is 10.3. The fraction of sp³-hybridized carbons (Fsp3) is 0.545. The summed E-state index contributed by atoms with van der Waals surface area (Å²) < 4.78 is 12.5. The number of aryl methyl sites for hydroxylation is 1. The molecule has 1 aliphatic heterocycles. The van der Waals surface area contributed by atoms with Crippen LogP contribution in [0.5, 0.6) is 11.5 Å². The van der Waals surface area contributed by atoms with E-state index >= 15 is 0 Å². The van der Waals surface area contributed by atoms with Crippen LogP contribution in [0.15, 0.2) is 30.6 Å². The monoisotopic (exact) mass is 400 g/mol. The van der Waals surface area contributed by atoms with Crippen LogP contribution in [-0.2, 0) is 24.9 Å². The fourth-order valence-electron chi connectivity index (χ4n) is 3.96. The molecule has 1 aromatic heterocycles. The molecule has 1 N–H and O–H groups in total. The second-order valence-corrected chi connectivity index (χ2v) is 7.76. The summed E-state index contributed by atoms with van der Waals surface area (Å²) in [6.45, 7) is 3.57. The van der Waals surface area contributed by atoms with Crippen molar-refractivity contribution in [3.05, 3.63) is 41.7 Å². The van der Waals surface area contributed by atoms with Crippen LogP contribution in [0, 0.1) is 5.92 Å². The minimum absolute atomic E-state index is 0.0900. The number of ether oxygens (including phenoxy) is 2. The Morgan fingerprint density at radius 3 is 2.90 bits per heavy atom. The number of carbonyl (C=O) groups excluding carboxylic acids is 1. The van der Waals surface area contributed by atoms with Crippen LogP contribution in [0.25, 0.3) is 0 Å². The standard InChI is InChI=1S/C22H32N4O3/c1-25-14-18(12-24-25)16-26-10-4-5-17(15-26)6-9-22(27)23-13-19-7-8-20(28-2)11-21(19)29-3/h7-8,11-12,14,17H,4-6,9-10,13,15-16H2,1-3H3,(H,23,27). The maximum atomic E-state index is 12.4. The normalized spacial score (nSPS) is 17.1. The lowest BCUT2D eigenvalue weighted by atomic mass is 9.93. The number of carbonyl (C=O) groups is 1. The highest BCUT2D eigenvalue weighted by atomic mass is 16.5. The van der Waals surface area contributed by atoms with Crippen LogP contribution in [0.4, 0.5) is 0 Å². The predicted octanol–water partition coefficient (Wildman–Crippen LogP) is 2.75. The minimum atomic E-state index is 0.0900. The van der Waals surface area contributed by atoms with Gasteiger partial charge in [-0.15, -0.1) is 0 Å². The number of nitrogens with one attached hydrogen (secondary N) is 1. The number of benzene rings is 1. The Balaban J connectivity index is 1.42. The van der Waals surface area contributed by atoms with Crippen molar-refractivity contribution >= 4 is 5.91 Å². The quantitative estimate of drug-likeness (QED) is 0.701. The molecule has 2 heterocycles. The molecule has 0 spiro atoms. The molecule has 7 heteroatoms. The number of rotatable bonds is 9. The van der Waals surface area contributed by atoms with E-state index in [9.17, 15) is 4.79 Å². The highest BCUT2D eigenvalue weighted by Gasteiger charge is 2.21. The molecule has 3 rings (SSSR count). The van der Waals surface area contributed by atoms with Gasteiger partial charge in [0.1, 0.15) is 11.5 Å². The van der Waals surface area contributed by atoms with Crippen LogP contribution in [-0.4, -0.2) is 47.9 Å². The van der Waals surface area contributed by atoms with Crippen LogP contribution in [0.1, 0.15) is 36.8 Å². The highest BCUT2D eigenvalue weighted by molar-refractivity contribution is 5.75. The molecule has 0 aliphatic carbocycles. The SMILES string of the molecule is COc1ccc(CNC(=O)CCC2CCCN(Cc3cnn(C)c3)C2)c(OC)c1. The molecule has 1 aromatic carbocycles. The van der Waals surface area contributed by atoms with Crippen molar-refractivity contribution in [2.24, 2.45) is 13.0 Å². The summed E-state index contributed by atoms with van der Waals surface area (Å²) in [6, 6.07) is 5.64. The molecule has 29 heavy (non-hydrogen) atoms. The summed E-state index contributed by atoms with van der Waals surface area (Å²) in [5.41, 5.74) is 2.20. The average molecular weight is 401 g/mol. The Morgan fingerprint density at radius 1 is 1.31 bits per heavy atom. The van der Waals surface area contributed by atoms with Gasteiger partial charge in [-0.05, 0) is 43.9 Å². The molecular formula is C22H32N4O3. The Kier molecular flexibility index (Phi) is 7.52. The molecule has 0 saturated carbocycles. The Bertz CT molecular complexity index is 805. The molecule has 1 amide bonds. The molecule has 2 aromatic rings. The van der Waals surface area contributed by atoms with Crippen molar-refractivity contribution < 1.29 is 14.3 Å². The molecule has 1 unspecified atom stereocenters. The van der Waals surface area contributed by atoms with Crippen molar-refractivity contribution in [1.82, 2.24) is 20.0 Å². The lowest BCUT2D eigenvalue weighted by molar-refractivity contribution is -0.121. The van der Waals surface area contributed by atoms with E-state index < -0.39 is 0 Å². The number of methoxy groups -OCH3 is 2. The molecule has 1 atom stereocenters. The molecule has 0 bridgehead atoms. The zero-order valence-corrected chi connectivity index (χ0v) is 17.7. The van der Waals surface area contributed by atoms with Gasteiger partial charge in [0.15, 0.2) is 0 Å². The summed E-state index contributed by atoms with van der Waals surface area (Å²) >= 11 is 0. The molecule has 7 nitrogen and oxygen atoms in total. The maximum absolute atomic E-state index is 12.4. The Hall–Kier alpha value is -2.54. The number of amides is 1. The number of hydrogen-bond donors (Lipinski definition) is 1. The summed E-state index contributed by atoms with van der Waals surface area (Å²) in [6.07, 6.45) is 7.88. The van der Waals surface area contributed by atoms with Crippen LogP contribution < -0.4 is 14.8 Å². The maximum Gasteiger partial charge on any atom is 0.220 e. The Labute approximate surface area is 173 Å². The van der Waals surface area contributed by atoms with Crippen LogP contribution in [0.3, 0.4) is 0 Å². The predicted molar refractivity (Wildman–Crippen MR) is 112 cm³/mol. The van der Waals surface area contributed by atoms with Crippen molar-refractivity contribution in [3.8, 4) is 11.5 Å². The van der Waals surface area contributed by atoms with Gasteiger partial charge in [-0.3, -0.25) is 14.4 Å². The van der Waals surface area contributed by atoms with Crippen molar-refractivity contribution in [1.29, 1.82) is 0 Å². The summed E-state index contributed by atoms with van der Waals surface area (Å²) in [5, 5.41) is 7.27. The molecule has 1 fully saturated rings. The van der Waals surface area contributed by atoms with Crippen molar-refractivity contribution in [3.63, 3.8) is 0 Å². The van der Waals surface area contributed by atoms with Gasteiger partial charge in [-0.1, -0.05) is 0 Å². The van der Waals surface area contributed by atoms with Gasteiger partial charge in [0.2, 0.25) is 5.91 Å². The first-order valence-corrected chi connectivity index (χ1v) is 10.2. The van der Waals surface area contributed by atoms with E-state index in [1.165, 1.54) is 18.4 Å². The number of aromatic nitrogens is 2. The van der Waals surface area contributed by atoms with Crippen molar-refractivity contribution in [2.75, 3.05) is 27.3 Å². The van der Waals surface area contributed by atoms with Gasteiger partial charge in [0, 0.05) is 56.5 Å². The second-order valence-electron chi connectivity index (χ2n) is 7.76. The van der Waals surface area contributed by atoms with E-state index in [1.54, 1.807) is 14.2 Å². The number of nitrogens with zero attached hydrogens (tertiary/aromatic N) is 3. The van der Waals surface area contributed by atoms with Gasteiger partial charge < -0.3 is 14.8 Å². The number of likely N-dealkylation sites (tertiary alicyclic amines) is 1. The average Bonchev–Trinajstić information content (AvgIpc) is 3.15. The van der Waals surface area contributed by atoms with Gasteiger partial charge in [-0.25, -0.2) is 0 Å². The lowest BCUT2D eigenvalue weighted by Crippen LogP contribution is -2.35. The zero-order chi connectivity index (χ0) is 20.6. The van der Waals surface area contributed by atoms with Gasteiger partial charge in [0.25, 0.3) is 0 Å². The number of hydrogen-bond acceptors (Lipinski definition) is 5. The molecule has 0 radical (unpaired) electrons. The molecule has 1 saturated heterocycles. The largest absolute Gasteiger partial charge is 0.497 e. The molecule has 1 aliphatic rings. The van der Waals surface area contributed by atoms with E-state index in [0.29, 0.717) is 18.9 Å². The lowest BCUT2D eigenvalue weighted by Gasteiger charge is -2.32. The first-order chi connectivity index (χ1) is 14.1. The molecular weight excluding hydrogens is 368 g/mol. The van der Waals surface area contributed by atoms with E-state index in [0.717, 1.165) is 43.1 Å². The minimum Gasteiger partial charge on any atom is -0.497 e. The first kappa shape index (κ1) is 21.2. The third kappa shape index (κ3) is 6.22. The third-order valence-electron chi connectivity index (χ3n) is 5.52.